The molecule has 0 aliphatic heterocycles. The van der Waals surface area contributed by atoms with Gasteiger partial charge in [-0.05, 0) is 0 Å². The first kappa shape index (κ1) is 6.12. The largest absolute Gasteiger partial charge is 0.287 e. The van der Waals surface area contributed by atoms with Crippen LogP contribution in [0.2, 0.25) is 0 Å². The molecule has 0 amide bonds. The summed E-state index contributed by atoms with van der Waals surface area (Å²) in [6.07, 6.45) is 0. The van der Waals surface area contributed by atoms with Crippen LogP contribution >= 0.6 is 19.0 Å². The Morgan fingerprint density at radius 2 is 2.33 bits per heavy atom. The van der Waals surface area contributed by atoms with Crippen molar-refractivity contribution in [2.45, 2.75) is 6.92 Å². The molecule has 0 aliphatic carbocycles. The van der Waals surface area contributed by atoms with E-state index in [9.17, 15) is 9.36 Å². The highest BCUT2D eigenvalue weighted by atomic mass is 32.7. The maximum Gasteiger partial charge on any atom is 0.234 e. The molecule has 0 unspecified atom stereocenters. The predicted octanol–water partition coefficient (Wildman–Crippen LogP) is 1.47. The molecule has 2 nitrogen and oxygen atoms in total. The van der Waals surface area contributed by atoms with Crippen molar-refractivity contribution >= 4 is 24.2 Å². The molecule has 0 heterocycles. The maximum atomic E-state index is 9.80. The van der Waals surface area contributed by atoms with Gasteiger partial charge in [0.1, 0.15) is 0 Å². The van der Waals surface area contributed by atoms with E-state index in [1.807, 2.05) is 0 Å². The molecular weight excluding hydrogens is 119 g/mol. The van der Waals surface area contributed by atoms with Gasteiger partial charge in [0.05, 0.1) is 0 Å². The van der Waals surface area contributed by atoms with Crippen LogP contribution in [0.1, 0.15) is 6.92 Å². The standard InChI is InChI=1S/C2H3O2PS/c1-2(3)6-5-4/h1H3. The van der Waals surface area contributed by atoms with Crippen molar-refractivity contribution in [2.24, 2.45) is 0 Å². The molecule has 0 aromatic heterocycles. The molecule has 0 rings (SSSR count). The van der Waals surface area contributed by atoms with E-state index in [0.717, 1.165) is 11.4 Å². The second-order valence-corrected chi connectivity index (χ2v) is 2.56. The van der Waals surface area contributed by atoms with Gasteiger partial charge in [0.25, 0.3) is 0 Å². The molecule has 0 aromatic rings. The van der Waals surface area contributed by atoms with Crippen LogP contribution in [0.3, 0.4) is 0 Å². The Bertz CT molecular complexity index is 71.9. The Hall–Kier alpha value is 0.120. The lowest BCUT2D eigenvalue weighted by Crippen LogP contribution is -1.68. The van der Waals surface area contributed by atoms with Gasteiger partial charge in [-0.2, -0.15) is 0 Å². The van der Waals surface area contributed by atoms with E-state index >= 15 is 0 Å². The molecule has 0 aromatic carbocycles. The minimum atomic E-state index is -0.159. The van der Waals surface area contributed by atoms with Crippen LogP contribution in [0.4, 0.5) is 0 Å². The summed E-state index contributed by atoms with van der Waals surface area (Å²) in [5, 5.41) is -0.119. The lowest BCUT2D eigenvalue weighted by atomic mass is 10.9. The topological polar surface area (TPSA) is 34.1 Å². The molecule has 0 fully saturated rings. The first-order valence-corrected chi connectivity index (χ1v) is 3.51. The zero-order valence-corrected chi connectivity index (χ0v) is 4.88. The van der Waals surface area contributed by atoms with E-state index in [-0.39, 0.29) is 12.8 Å². The van der Waals surface area contributed by atoms with Crippen LogP contribution in [-0.4, -0.2) is 5.12 Å². The third-order valence-electron chi connectivity index (χ3n) is 0.166. The Morgan fingerprint density at radius 3 is 2.33 bits per heavy atom. The summed E-state index contributed by atoms with van der Waals surface area (Å²) in [6, 6.07) is 0. The summed E-state index contributed by atoms with van der Waals surface area (Å²) >= 11 is 0.764. The summed E-state index contributed by atoms with van der Waals surface area (Å²) < 4.78 is 9.45. The Morgan fingerprint density at radius 1 is 1.83 bits per heavy atom. The van der Waals surface area contributed by atoms with Crippen LogP contribution in [0.5, 0.6) is 0 Å². The molecule has 34 valence electrons. The number of hydrogen-bond acceptors (Lipinski definition) is 3. The smallest absolute Gasteiger partial charge is 0.234 e. The quantitative estimate of drug-likeness (QED) is 0.494. The van der Waals surface area contributed by atoms with Crippen LogP contribution in [0, 0.1) is 0 Å². The molecule has 0 aliphatic rings. The molecule has 6 heavy (non-hydrogen) atoms. The fourth-order valence-electron chi connectivity index (χ4n) is 0.0525. The van der Waals surface area contributed by atoms with E-state index in [1.54, 1.807) is 0 Å². The minimum absolute atomic E-state index is 0.119. The maximum absolute atomic E-state index is 9.80. The number of carbonyl (C=O) groups excluding carboxylic acids is 1. The van der Waals surface area contributed by atoms with Gasteiger partial charge in [-0.15, -0.1) is 0 Å². The third kappa shape index (κ3) is 4.12. The van der Waals surface area contributed by atoms with Crippen molar-refractivity contribution in [3.05, 3.63) is 0 Å². The molecule has 4 heteroatoms. The summed E-state index contributed by atoms with van der Waals surface area (Å²) in [5.41, 5.74) is 0. The monoisotopic (exact) mass is 122 g/mol. The van der Waals surface area contributed by atoms with Crippen molar-refractivity contribution in [1.82, 2.24) is 0 Å². The second-order valence-electron chi connectivity index (χ2n) is 0.657. The second kappa shape index (κ2) is 3.32. The van der Waals surface area contributed by atoms with E-state index in [0.29, 0.717) is 0 Å². The zero-order chi connectivity index (χ0) is 4.99. The number of rotatable bonds is 1. The van der Waals surface area contributed by atoms with Crippen LogP contribution < -0.4 is 0 Å². The highest BCUT2D eigenvalue weighted by molar-refractivity contribution is 8.54. The van der Waals surface area contributed by atoms with E-state index in [2.05, 4.69) is 0 Å². The Kier molecular flexibility index (Phi) is 3.38. The average molecular weight is 122 g/mol. The minimum Gasteiger partial charge on any atom is -0.287 e. The predicted molar refractivity (Wildman–Crippen MR) is 25.9 cm³/mol. The number of hydrogen-bond donors (Lipinski definition) is 0. The Balaban J connectivity index is 3.05. The SMILES string of the molecule is CC(=O)SP=O. The first-order valence-electron chi connectivity index (χ1n) is 1.27. The summed E-state index contributed by atoms with van der Waals surface area (Å²) in [6.45, 7) is 1.37. The Labute approximate surface area is 41.3 Å². The lowest BCUT2D eigenvalue weighted by Gasteiger charge is -1.69. The van der Waals surface area contributed by atoms with Crippen molar-refractivity contribution < 1.29 is 9.36 Å². The van der Waals surface area contributed by atoms with E-state index < -0.39 is 0 Å². The molecule has 0 bridgehead atoms. The first-order chi connectivity index (χ1) is 2.77. The van der Waals surface area contributed by atoms with Gasteiger partial charge < -0.3 is 0 Å². The third-order valence-corrected chi connectivity index (χ3v) is 1.49. The lowest BCUT2D eigenvalue weighted by molar-refractivity contribution is -0.109. The molecule has 0 spiro atoms. The van der Waals surface area contributed by atoms with Crippen LogP contribution in [0.25, 0.3) is 0 Å². The summed E-state index contributed by atoms with van der Waals surface area (Å²) in [7, 11) is -0.159. The molecule has 0 N–H and O–H groups in total. The molecular formula is C2H3O2PS. The zero-order valence-electron chi connectivity index (χ0n) is 3.17. The average Bonchev–Trinajstić information content (AvgIpc) is 1.35. The van der Waals surface area contributed by atoms with Gasteiger partial charge in [0.2, 0.25) is 7.66 Å². The van der Waals surface area contributed by atoms with Crippen molar-refractivity contribution in [3.8, 4) is 0 Å². The van der Waals surface area contributed by atoms with E-state index in [4.69, 9.17) is 0 Å². The highest BCUT2D eigenvalue weighted by Gasteiger charge is 1.86. The van der Waals surface area contributed by atoms with Gasteiger partial charge in [0.15, 0.2) is 5.12 Å². The van der Waals surface area contributed by atoms with Crippen LogP contribution in [0.15, 0.2) is 0 Å². The van der Waals surface area contributed by atoms with Gasteiger partial charge in [0, 0.05) is 18.3 Å². The van der Waals surface area contributed by atoms with Gasteiger partial charge in [-0.3, -0.25) is 9.36 Å². The fourth-order valence-corrected chi connectivity index (χ4v) is 0.472. The molecule has 0 radical (unpaired) electrons. The fraction of sp³-hybridized carbons (Fsp3) is 0.500. The molecule has 0 atom stereocenters. The van der Waals surface area contributed by atoms with Crippen molar-refractivity contribution in [1.29, 1.82) is 0 Å². The van der Waals surface area contributed by atoms with Gasteiger partial charge in [-0.25, -0.2) is 0 Å². The molecule has 0 saturated carbocycles. The van der Waals surface area contributed by atoms with Crippen molar-refractivity contribution in [2.75, 3.05) is 0 Å². The van der Waals surface area contributed by atoms with Crippen LogP contribution in [-0.2, 0) is 9.36 Å². The van der Waals surface area contributed by atoms with Crippen molar-refractivity contribution in [3.63, 3.8) is 0 Å². The van der Waals surface area contributed by atoms with Gasteiger partial charge in [-0.1, -0.05) is 0 Å². The number of carbonyl (C=O) groups is 1. The molecule has 0 saturated heterocycles. The highest BCUT2D eigenvalue weighted by Crippen LogP contribution is 2.16. The normalized spacial score (nSPS) is 8.83. The van der Waals surface area contributed by atoms with E-state index in [1.165, 1.54) is 6.92 Å². The summed E-state index contributed by atoms with van der Waals surface area (Å²) in [5.74, 6) is 0. The van der Waals surface area contributed by atoms with Gasteiger partial charge >= 0.3 is 0 Å². The summed E-state index contributed by atoms with van der Waals surface area (Å²) in [4.78, 5) is 9.80.